The van der Waals surface area contributed by atoms with Crippen molar-refractivity contribution in [3.8, 4) is 11.6 Å². The van der Waals surface area contributed by atoms with Crippen molar-refractivity contribution < 1.29 is 33.3 Å². The maximum atomic E-state index is 14.1. The molecule has 32 heavy (non-hydrogen) atoms. The molecule has 0 radical (unpaired) electrons. The number of anilines is 1. The van der Waals surface area contributed by atoms with E-state index in [-0.39, 0.29) is 25.6 Å². The Morgan fingerprint density at radius 1 is 1.31 bits per heavy atom. The molecule has 0 saturated heterocycles. The molecule has 1 amide bonds. The molecule has 4 rings (SSSR count). The van der Waals surface area contributed by atoms with Gasteiger partial charge in [-0.3, -0.25) is 9.59 Å². The van der Waals surface area contributed by atoms with E-state index in [4.69, 9.17) is 9.47 Å². The van der Waals surface area contributed by atoms with Crippen molar-refractivity contribution in [2.75, 3.05) is 19.2 Å². The van der Waals surface area contributed by atoms with Gasteiger partial charge in [-0.15, -0.1) is 4.91 Å². The van der Waals surface area contributed by atoms with Crippen LogP contribution >= 0.6 is 0 Å². The predicted molar refractivity (Wildman–Crippen MR) is 110 cm³/mol. The Bertz CT molecular complexity index is 1240. The zero-order valence-corrected chi connectivity index (χ0v) is 16.9. The van der Waals surface area contributed by atoms with E-state index in [0.717, 1.165) is 0 Å². The van der Waals surface area contributed by atoms with E-state index < -0.39 is 30.0 Å². The fraction of sp³-hybridized carbons (Fsp3) is 0.238. The highest BCUT2D eigenvalue weighted by molar-refractivity contribution is 6.04. The van der Waals surface area contributed by atoms with Gasteiger partial charge in [0.1, 0.15) is 18.0 Å². The summed E-state index contributed by atoms with van der Waals surface area (Å²) in [6.45, 7) is 0.134. The summed E-state index contributed by atoms with van der Waals surface area (Å²) in [7, 11) is 1.17. The number of nitrogens with zero attached hydrogens (tertiary/aromatic N) is 2. The SMILES string of the molecule is COC(=O)CC(=O)Nc1ccc2c(N=O)c(O)n(Cc3cc(F)cc4c3OCOC4)c2c1. The van der Waals surface area contributed by atoms with E-state index in [9.17, 15) is 24.0 Å². The Balaban J connectivity index is 1.75. The highest BCUT2D eigenvalue weighted by Gasteiger charge is 2.22. The van der Waals surface area contributed by atoms with Gasteiger partial charge in [0.05, 0.1) is 25.8 Å². The molecule has 1 aromatic heterocycles. The number of aromatic nitrogens is 1. The smallest absolute Gasteiger partial charge is 0.315 e. The van der Waals surface area contributed by atoms with Gasteiger partial charge in [-0.2, -0.15) is 0 Å². The van der Waals surface area contributed by atoms with Gasteiger partial charge in [-0.1, -0.05) is 0 Å². The summed E-state index contributed by atoms with van der Waals surface area (Å²) in [4.78, 5) is 34.7. The Morgan fingerprint density at radius 3 is 2.88 bits per heavy atom. The van der Waals surface area contributed by atoms with Crippen LogP contribution in [0.25, 0.3) is 10.9 Å². The van der Waals surface area contributed by atoms with Crippen LogP contribution in [0, 0.1) is 10.7 Å². The Kier molecular flexibility index (Phi) is 5.73. The van der Waals surface area contributed by atoms with Gasteiger partial charge in [0, 0.05) is 22.2 Å². The summed E-state index contributed by atoms with van der Waals surface area (Å²) in [5.74, 6) is -1.79. The molecule has 0 aliphatic carbocycles. The first kappa shape index (κ1) is 21.2. The lowest BCUT2D eigenvalue weighted by Crippen LogP contribution is -2.17. The summed E-state index contributed by atoms with van der Waals surface area (Å²) in [5, 5.41) is 16.4. The van der Waals surface area contributed by atoms with Crippen molar-refractivity contribution in [1.29, 1.82) is 0 Å². The fourth-order valence-electron chi connectivity index (χ4n) is 3.60. The van der Waals surface area contributed by atoms with Crippen molar-refractivity contribution in [1.82, 2.24) is 4.57 Å². The molecule has 0 saturated carbocycles. The zero-order valence-electron chi connectivity index (χ0n) is 16.9. The van der Waals surface area contributed by atoms with E-state index in [0.29, 0.717) is 33.5 Å². The normalized spacial score (nSPS) is 12.7. The molecule has 0 spiro atoms. The third-order valence-electron chi connectivity index (χ3n) is 5.00. The first-order valence-corrected chi connectivity index (χ1v) is 9.48. The molecule has 1 aliphatic rings. The highest BCUT2D eigenvalue weighted by atomic mass is 19.1. The molecule has 2 heterocycles. The second-order valence-electron chi connectivity index (χ2n) is 7.05. The van der Waals surface area contributed by atoms with Crippen LogP contribution in [0.2, 0.25) is 0 Å². The molecule has 10 nitrogen and oxygen atoms in total. The Morgan fingerprint density at radius 2 is 2.12 bits per heavy atom. The minimum atomic E-state index is -0.697. The number of carbonyl (C=O) groups is 2. The number of aromatic hydroxyl groups is 1. The van der Waals surface area contributed by atoms with Crippen LogP contribution in [0.5, 0.6) is 11.6 Å². The average molecular weight is 443 g/mol. The standard InChI is InChI=1S/C21H18FN3O7/c1-30-18(27)7-17(26)23-14-2-3-15-16(6-14)25(21(28)19(15)24-29)8-11-4-13(22)5-12-9-31-10-32-20(11)12/h2-6,28H,7-10H2,1H3,(H,23,26). The number of carbonyl (C=O) groups excluding carboxylic acids is 2. The molecule has 0 bridgehead atoms. The molecule has 166 valence electrons. The first-order valence-electron chi connectivity index (χ1n) is 9.48. The number of benzene rings is 2. The van der Waals surface area contributed by atoms with E-state index in [1.54, 1.807) is 0 Å². The number of amides is 1. The van der Waals surface area contributed by atoms with Gasteiger partial charge >= 0.3 is 5.97 Å². The second kappa shape index (κ2) is 8.63. The maximum absolute atomic E-state index is 14.1. The van der Waals surface area contributed by atoms with Gasteiger partial charge in [-0.25, -0.2) is 4.39 Å². The molecule has 2 aromatic carbocycles. The van der Waals surface area contributed by atoms with Crippen molar-refractivity contribution in [2.45, 2.75) is 19.6 Å². The van der Waals surface area contributed by atoms with Crippen LogP contribution in [0.3, 0.4) is 0 Å². The summed E-state index contributed by atoms with van der Waals surface area (Å²) in [5.41, 5.74) is 1.42. The topological polar surface area (TPSA) is 128 Å². The number of halogens is 1. The second-order valence-corrected chi connectivity index (χ2v) is 7.05. The minimum Gasteiger partial charge on any atom is -0.493 e. The number of esters is 1. The van der Waals surface area contributed by atoms with Crippen molar-refractivity contribution in [2.24, 2.45) is 5.18 Å². The number of rotatable bonds is 6. The molecular formula is C21H18FN3O7. The molecule has 1 aliphatic heterocycles. The van der Waals surface area contributed by atoms with E-state index in [1.807, 2.05) is 0 Å². The lowest BCUT2D eigenvalue weighted by Gasteiger charge is -2.21. The molecule has 0 unspecified atom stereocenters. The van der Waals surface area contributed by atoms with Gasteiger partial charge in [0.25, 0.3) is 0 Å². The van der Waals surface area contributed by atoms with Crippen LogP contribution in [0.15, 0.2) is 35.5 Å². The maximum Gasteiger partial charge on any atom is 0.315 e. The molecule has 3 aromatic rings. The summed E-state index contributed by atoms with van der Waals surface area (Å²) in [6, 6.07) is 7.08. The van der Waals surface area contributed by atoms with Crippen LogP contribution in [0.1, 0.15) is 17.5 Å². The third kappa shape index (κ3) is 3.97. The lowest BCUT2D eigenvalue weighted by molar-refractivity contribution is -0.142. The van der Waals surface area contributed by atoms with Crippen LogP contribution < -0.4 is 10.1 Å². The van der Waals surface area contributed by atoms with Gasteiger partial charge in [0.2, 0.25) is 11.8 Å². The van der Waals surface area contributed by atoms with Gasteiger partial charge < -0.3 is 29.2 Å². The molecule has 11 heteroatoms. The summed E-state index contributed by atoms with van der Waals surface area (Å²) in [6.07, 6.45) is -0.475. The van der Waals surface area contributed by atoms with E-state index in [1.165, 1.54) is 42.0 Å². The largest absolute Gasteiger partial charge is 0.493 e. The summed E-state index contributed by atoms with van der Waals surface area (Å²) >= 11 is 0. The van der Waals surface area contributed by atoms with Crippen molar-refractivity contribution in [3.63, 3.8) is 0 Å². The monoisotopic (exact) mass is 443 g/mol. The Hall–Kier alpha value is -3.99. The number of hydrogen-bond donors (Lipinski definition) is 2. The molecule has 0 atom stereocenters. The number of ether oxygens (including phenoxy) is 3. The third-order valence-corrected chi connectivity index (χ3v) is 5.00. The highest BCUT2D eigenvalue weighted by Crippen LogP contribution is 2.41. The van der Waals surface area contributed by atoms with Crippen LogP contribution in [-0.4, -0.2) is 35.5 Å². The molecule has 2 N–H and O–H groups in total. The predicted octanol–water partition coefficient (Wildman–Crippen LogP) is 3.30. The van der Waals surface area contributed by atoms with E-state index >= 15 is 0 Å². The molecule has 0 fully saturated rings. The minimum absolute atomic E-state index is 0.00155. The van der Waals surface area contributed by atoms with Gasteiger partial charge in [-0.05, 0) is 35.5 Å². The van der Waals surface area contributed by atoms with Crippen LogP contribution in [-0.2, 0) is 32.2 Å². The number of fused-ring (bicyclic) bond motifs is 2. The van der Waals surface area contributed by atoms with Crippen LogP contribution in [0.4, 0.5) is 15.8 Å². The quantitative estimate of drug-likeness (QED) is 0.340. The molecular weight excluding hydrogens is 425 g/mol. The average Bonchev–Trinajstić information content (AvgIpc) is 3.03. The zero-order chi connectivity index (χ0) is 22.8. The van der Waals surface area contributed by atoms with E-state index in [2.05, 4.69) is 15.2 Å². The fourth-order valence-corrected chi connectivity index (χ4v) is 3.60. The number of nitroso groups, excluding NO2 is 1. The first-order chi connectivity index (χ1) is 15.4. The van der Waals surface area contributed by atoms with Crippen molar-refractivity contribution in [3.05, 3.63) is 52.2 Å². The Labute approximate surface area is 180 Å². The lowest BCUT2D eigenvalue weighted by atomic mass is 10.1. The number of methoxy groups -OCH3 is 1. The van der Waals surface area contributed by atoms with Gasteiger partial charge in [0.15, 0.2) is 12.5 Å². The number of nitrogens with one attached hydrogen (secondary N) is 1. The van der Waals surface area contributed by atoms with Crippen molar-refractivity contribution >= 4 is 34.2 Å². The number of hydrogen-bond acceptors (Lipinski definition) is 8. The summed E-state index contributed by atoms with van der Waals surface area (Å²) < 4.78 is 30.7.